The zero-order chi connectivity index (χ0) is 25.3. The van der Waals surface area contributed by atoms with Gasteiger partial charge in [0.2, 0.25) is 5.96 Å². The fraction of sp³-hybridized carbons (Fsp3) is 0.150. The Kier molecular flexibility index (Phi) is 5.97. The number of hydrogen-bond acceptors (Lipinski definition) is 12. The molecular weight excluding hydrogens is 478 g/mol. The number of benzene rings is 1. The van der Waals surface area contributed by atoms with E-state index in [-0.39, 0.29) is 40.4 Å². The number of hydrogen-bond donors (Lipinski definition) is 4. The Labute approximate surface area is 202 Å². The van der Waals surface area contributed by atoms with Gasteiger partial charge in [0, 0.05) is 11.1 Å². The monoisotopic (exact) mass is 493 g/mol. The molecule has 1 aliphatic rings. The fourth-order valence-corrected chi connectivity index (χ4v) is 3.90. The highest BCUT2D eigenvalue weighted by molar-refractivity contribution is 6.32. The van der Waals surface area contributed by atoms with Gasteiger partial charge < -0.3 is 31.6 Å². The lowest BCUT2D eigenvalue weighted by atomic mass is 9.94. The highest BCUT2D eigenvalue weighted by Gasteiger charge is 2.30. The number of aromatic nitrogens is 3. The van der Waals surface area contributed by atoms with Gasteiger partial charge in [-0.25, -0.2) is 9.98 Å². The molecule has 0 spiro atoms. The normalized spacial score (nSPS) is 14.1. The molecule has 0 saturated heterocycles. The molecule has 35 heavy (non-hydrogen) atoms. The van der Waals surface area contributed by atoms with Crippen LogP contribution in [0, 0.1) is 32.9 Å². The van der Waals surface area contributed by atoms with Crippen molar-refractivity contribution < 1.29 is 9.66 Å². The largest absolute Gasteiger partial charge is 0.496 e. The lowest BCUT2D eigenvalue weighted by Gasteiger charge is -2.26. The third kappa shape index (κ3) is 4.17. The van der Waals surface area contributed by atoms with Crippen molar-refractivity contribution in [3.63, 3.8) is 0 Å². The van der Waals surface area contributed by atoms with Crippen LogP contribution < -0.4 is 26.8 Å². The maximum atomic E-state index is 11.1. The third-order valence-electron chi connectivity index (χ3n) is 5.18. The topological polar surface area (TPSA) is 219 Å². The van der Waals surface area contributed by atoms with Crippen LogP contribution in [0.4, 0.5) is 23.1 Å². The standard InChI is InChI=1S/C20H16ClN11O3/c1-35-13-3-2-9(4-10(13)6-31-7-12(21)19(30-31)32(33)34)16-14-15(24)11(5-22)17(25)28-18(14)29-20(27-16)26-8-23/h2-4,7,16H,6H2,1H3,(H6,24,25,26,27,28,29). The molecule has 3 heterocycles. The molecule has 0 amide bonds. The summed E-state index contributed by atoms with van der Waals surface area (Å²) in [5.74, 6) is 0.293. The Bertz CT molecular complexity index is 1470. The molecule has 4 rings (SSSR count). The summed E-state index contributed by atoms with van der Waals surface area (Å²) in [6.45, 7) is 0.0916. The van der Waals surface area contributed by atoms with Crippen LogP contribution in [0.3, 0.4) is 0 Å². The number of fused-ring (bicyclic) bond motifs is 1. The highest BCUT2D eigenvalue weighted by Crippen LogP contribution is 2.41. The molecule has 1 atom stereocenters. The van der Waals surface area contributed by atoms with Crippen LogP contribution in [-0.4, -0.2) is 32.8 Å². The molecule has 1 aromatic carbocycles. The SMILES string of the molecule is COc1ccc(C2N=C(NC#N)Nc3nc(N)c(C#N)c(N)c32)cc1Cn1cc(Cl)c([N+](=O)[O-])n1. The molecule has 3 aromatic rings. The predicted molar refractivity (Wildman–Crippen MR) is 125 cm³/mol. The summed E-state index contributed by atoms with van der Waals surface area (Å²) in [7, 11) is 1.48. The molecule has 0 saturated carbocycles. The number of pyridine rings is 1. The van der Waals surface area contributed by atoms with Crippen molar-refractivity contribution >= 4 is 40.7 Å². The summed E-state index contributed by atoms with van der Waals surface area (Å²) < 4.78 is 6.76. The smallest absolute Gasteiger partial charge is 0.408 e. The van der Waals surface area contributed by atoms with Crippen LogP contribution in [-0.2, 0) is 6.54 Å². The van der Waals surface area contributed by atoms with Crippen LogP contribution in [0.2, 0.25) is 5.02 Å². The van der Waals surface area contributed by atoms with E-state index in [1.807, 2.05) is 6.07 Å². The maximum absolute atomic E-state index is 11.1. The molecule has 2 aromatic heterocycles. The van der Waals surface area contributed by atoms with Gasteiger partial charge in [-0.1, -0.05) is 17.7 Å². The van der Waals surface area contributed by atoms with Crippen LogP contribution in [0.15, 0.2) is 29.4 Å². The molecule has 6 N–H and O–H groups in total. The Morgan fingerprint density at radius 2 is 2.17 bits per heavy atom. The maximum Gasteiger partial charge on any atom is 0.408 e. The van der Waals surface area contributed by atoms with Crippen molar-refractivity contribution in [3.8, 4) is 18.0 Å². The van der Waals surface area contributed by atoms with E-state index in [4.69, 9.17) is 33.1 Å². The van der Waals surface area contributed by atoms with Gasteiger partial charge in [0.1, 0.15) is 35.1 Å². The minimum Gasteiger partial charge on any atom is -0.496 e. The number of nitrogens with one attached hydrogen (secondary N) is 2. The number of aliphatic imine (C=N–C) groups is 1. The third-order valence-corrected chi connectivity index (χ3v) is 5.45. The van der Waals surface area contributed by atoms with E-state index >= 15 is 0 Å². The zero-order valence-corrected chi connectivity index (χ0v) is 18.7. The first-order valence-electron chi connectivity index (χ1n) is 9.80. The van der Waals surface area contributed by atoms with Gasteiger partial charge >= 0.3 is 5.82 Å². The van der Waals surface area contributed by atoms with Crippen LogP contribution >= 0.6 is 11.6 Å². The van der Waals surface area contributed by atoms with Crippen molar-refractivity contribution in [2.45, 2.75) is 12.6 Å². The molecule has 1 unspecified atom stereocenters. The number of nitrogens with zero attached hydrogens (tertiary/aromatic N) is 7. The minimum absolute atomic E-state index is 0.00895. The van der Waals surface area contributed by atoms with Crippen molar-refractivity contribution in [1.29, 1.82) is 10.5 Å². The number of nitriles is 2. The lowest BCUT2D eigenvalue weighted by molar-refractivity contribution is -0.389. The lowest BCUT2D eigenvalue weighted by Crippen LogP contribution is -2.32. The van der Waals surface area contributed by atoms with E-state index in [9.17, 15) is 15.4 Å². The molecule has 1 aliphatic heterocycles. The summed E-state index contributed by atoms with van der Waals surface area (Å²) in [6.07, 6.45) is 3.12. The molecule has 0 radical (unpaired) electrons. The summed E-state index contributed by atoms with van der Waals surface area (Å²) in [5, 5.41) is 38.7. The summed E-state index contributed by atoms with van der Waals surface area (Å²) in [4.78, 5) is 19.2. The second-order valence-electron chi connectivity index (χ2n) is 7.23. The zero-order valence-electron chi connectivity index (χ0n) is 18.0. The van der Waals surface area contributed by atoms with Crippen LogP contribution in [0.1, 0.15) is 28.3 Å². The Balaban J connectivity index is 1.84. The predicted octanol–water partition coefficient (Wildman–Crippen LogP) is 1.87. The average Bonchev–Trinajstić information content (AvgIpc) is 3.19. The number of ether oxygens (including phenoxy) is 1. The fourth-order valence-electron chi connectivity index (χ4n) is 3.68. The van der Waals surface area contributed by atoms with Crippen molar-refractivity contribution in [1.82, 2.24) is 20.1 Å². The van der Waals surface area contributed by atoms with Gasteiger partial charge in [-0.05, 0) is 22.6 Å². The Hall–Kier alpha value is -5.08. The number of halogens is 1. The summed E-state index contributed by atoms with van der Waals surface area (Å²) in [5.41, 5.74) is 13.9. The van der Waals surface area contributed by atoms with Gasteiger partial charge in [-0.15, -0.1) is 0 Å². The van der Waals surface area contributed by atoms with E-state index in [2.05, 4.69) is 25.7 Å². The average molecular weight is 494 g/mol. The molecular formula is C20H16ClN11O3. The Morgan fingerprint density at radius 3 is 2.80 bits per heavy atom. The van der Waals surface area contributed by atoms with E-state index in [1.54, 1.807) is 24.4 Å². The molecule has 0 fully saturated rings. The van der Waals surface area contributed by atoms with Gasteiger partial charge in [0.25, 0.3) is 0 Å². The molecule has 176 valence electrons. The number of rotatable bonds is 5. The molecule has 14 nitrogen and oxygen atoms in total. The van der Waals surface area contributed by atoms with Crippen molar-refractivity contribution in [2.24, 2.45) is 4.99 Å². The minimum atomic E-state index is -0.775. The number of nitrogen functional groups attached to an aromatic ring is 2. The highest BCUT2D eigenvalue weighted by atomic mass is 35.5. The second-order valence-corrected chi connectivity index (χ2v) is 7.64. The van der Waals surface area contributed by atoms with E-state index in [0.29, 0.717) is 22.4 Å². The van der Waals surface area contributed by atoms with Crippen LogP contribution in [0.5, 0.6) is 5.75 Å². The quantitative estimate of drug-likeness (QED) is 0.174. The number of methoxy groups -OCH3 is 1. The molecule has 0 bridgehead atoms. The van der Waals surface area contributed by atoms with Crippen molar-refractivity contribution in [2.75, 3.05) is 23.9 Å². The van der Waals surface area contributed by atoms with Gasteiger partial charge in [0.05, 0.1) is 30.6 Å². The number of nitrogens with two attached hydrogens (primary N) is 2. The first-order valence-corrected chi connectivity index (χ1v) is 10.2. The summed E-state index contributed by atoms with van der Waals surface area (Å²) >= 11 is 5.92. The van der Waals surface area contributed by atoms with E-state index in [0.717, 1.165) is 0 Å². The van der Waals surface area contributed by atoms with Crippen molar-refractivity contribution in [3.05, 3.63) is 61.8 Å². The van der Waals surface area contributed by atoms with E-state index < -0.39 is 16.8 Å². The first-order chi connectivity index (χ1) is 16.8. The van der Waals surface area contributed by atoms with E-state index in [1.165, 1.54) is 18.0 Å². The first kappa shape index (κ1) is 23.1. The second kappa shape index (κ2) is 9.05. The Morgan fingerprint density at radius 1 is 1.40 bits per heavy atom. The molecule has 0 aliphatic carbocycles. The number of nitro groups is 1. The number of anilines is 3. The van der Waals surface area contributed by atoms with Gasteiger partial charge in [-0.3, -0.25) is 5.32 Å². The molecule has 15 heteroatoms. The summed E-state index contributed by atoms with van der Waals surface area (Å²) in [6, 6.07) is 6.33. The number of guanidine groups is 1. The van der Waals surface area contributed by atoms with Gasteiger partial charge in [-0.2, -0.15) is 15.2 Å². The van der Waals surface area contributed by atoms with Gasteiger partial charge in [0.15, 0.2) is 11.2 Å². The van der Waals surface area contributed by atoms with Crippen LogP contribution in [0.25, 0.3) is 0 Å².